The van der Waals surface area contributed by atoms with Gasteiger partial charge < -0.3 is 20.3 Å². The minimum Gasteiger partial charge on any atom is -0.497 e. The lowest BCUT2D eigenvalue weighted by atomic mass is 10.1. The molecule has 1 heterocycles. The van der Waals surface area contributed by atoms with Crippen LogP contribution in [0.4, 0.5) is 0 Å². The van der Waals surface area contributed by atoms with Gasteiger partial charge in [0.15, 0.2) is 0 Å². The van der Waals surface area contributed by atoms with Gasteiger partial charge >= 0.3 is 0 Å². The summed E-state index contributed by atoms with van der Waals surface area (Å²) in [5, 5.41) is 0. The van der Waals surface area contributed by atoms with Crippen LogP contribution >= 0.6 is 0 Å². The number of piperazine rings is 1. The number of nitrogens with two attached hydrogens (primary N) is 1. The third-order valence-corrected chi connectivity index (χ3v) is 4.02. The van der Waals surface area contributed by atoms with E-state index in [4.69, 9.17) is 10.5 Å². The van der Waals surface area contributed by atoms with E-state index < -0.39 is 0 Å². The maximum atomic E-state index is 10.8. The van der Waals surface area contributed by atoms with E-state index in [9.17, 15) is 4.79 Å². The molecule has 5 heteroatoms. The third kappa shape index (κ3) is 5.36. The standard InChI is InChI=1S/C16H25N3O2/c1-21-15-4-2-14(3-5-15)6-8-18-10-12-19(13-11-18)9-7-16(17)20/h2-5H,6-13H2,1H3,(H2,17,20). The lowest BCUT2D eigenvalue weighted by molar-refractivity contribution is -0.118. The average molecular weight is 291 g/mol. The monoisotopic (exact) mass is 291 g/mol. The van der Waals surface area contributed by atoms with Crippen molar-refractivity contribution < 1.29 is 9.53 Å². The largest absolute Gasteiger partial charge is 0.497 e. The van der Waals surface area contributed by atoms with Crippen molar-refractivity contribution in [1.29, 1.82) is 0 Å². The van der Waals surface area contributed by atoms with E-state index in [0.717, 1.165) is 51.4 Å². The van der Waals surface area contributed by atoms with Gasteiger partial charge in [-0.2, -0.15) is 0 Å². The van der Waals surface area contributed by atoms with Gasteiger partial charge in [-0.25, -0.2) is 0 Å². The summed E-state index contributed by atoms with van der Waals surface area (Å²) in [4.78, 5) is 15.6. The van der Waals surface area contributed by atoms with E-state index in [0.29, 0.717) is 6.42 Å². The van der Waals surface area contributed by atoms with Gasteiger partial charge in [-0.1, -0.05) is 12.1 Å². The predicted octanol–water partition coefficient (Wildman–Crippen LogP) is 0.731. The summed E-state index contributed by atoms with van der Waals surface area (Å²) >= 11 is 0. The molecule has 0 atom stereocenters. The van der Waals surface area contributed by atoms with E-state index in [2.05, 4.69) is 21.9 Å². The molecule has 2 N–H and O–H groups in total. The molecule has 0 aromatic heterocycles. The first-order valence-corrected chi connectivity index (χ1v) is 7.53. The van der Waals surface area contributed by atoms with Gasteiger partial charge in [-0.3, -0.25) is 4.79 Å². The predicted molar refractivity (Wildman–Crippen MR) is 83.4 cm³/mol. The lowest BCUT2D eigenvalue weighted by Crippen LogP contribution is -2.47. The van der Waals surface area contributed by atoms with Gasteiger partial charge in [0, 0.05) is 45.7 Å². The number of hydrogen-bond acceptors (Lipinski definition) is 4. The quantitative estimate of drug-likeness (QED) is 0.804. The van der Waals surface area contributed by atoms with E-state index in [-0.39, 0.29) is 5.91 Å². The summed E-state index contributed by atoms with van der Waals surface area (Å²) < 4.78 is 5.17. The van der Waals surface area contributed by atoms with Crippen molar-refractivity contribution in [2.75, 3.05) is 46.4 Å². The highest BCUT2D eigenvalue weighted by atomic mass is 16.5. The molecule has 1 aliphatic rings. The number of methoxy groups -OCH3 is 1. The first-order chi connectivity index (χ1) is 10.2. The fourth-order valence-corrected chi connectivity index (χ4v) is 2.58. The summed E-state index contributed by atoms with van der Waals surface area (Å²) in [6.45, 7) is 6.05. The van der Waals surface area contributed by atoms with E-state index in [1.165, 1.54) is 5.56 Å². The third-order valence-electron chi connectivity index (χ3n) is 4.02. The van der Waals surface area contributed by atoms with Crippen molar-refractivity contribution in [1.82, 2.24) is 9.80 Å². The Hall–Kier alpha value is -1.59. The van der Waals surface area contributed by atoms with Crippen LogP contribution in [0.1, 0.15) is 12.0 Å². The molecule has 0 saturated carbocycles. The molecule has 0 unspecified atom stereocenters. The number of ether oxygens (including phenoxy) is 1. The Morgan fingerprint density at radius 1 is 1.10 bits per heavy atom. The number of amides is 1. The number of primary amides is 1. The van der Waals surface area contributed by atoms with E-state index >= 15 is 0 Å². The van der Waals surface area contributed by atoms with Crippen molar-refractivity contribution >= 4 is 5.91 Å². The molecule has 1 fully saturated rings. The van der Waals surface area contributed by atoms with Crippen LogP contribution in [0.25, 0.3) is 0 Å². The molecule has 1 aliphatic heterocycles. The number of nitrogens with zero attached hydrogens (tertiary/aromatic N) is 2. The molecule has 21 heavy (non-hydrogen) atoms. The van der Waals surface area contributed by atoms with Crippen LogP contribution in [0.3, 0.4) is 0 Å². The van der Waals surface area contributed by atoms with Gasteiger partial charge in [0.05, 0.1) is 7.11 Å². The van der Waals surface area contributed by atoms with Crippen molar-refractivity contribution in [2.24, 2.45) is 5.73 Å². The molecular weight excluding hydrogens is 266 g/mol. The Balaban J connectivity index is 1.67. The normalized spacial score (nSPS) is 16.8. The van der Waals surface area contributed by atoms with Crippen molar-refractivity contribution in [3.8, 4) is 5.75 Å². The molecule has 1 saturated heterocycles. The number of benzene rings is 1. The van der Waals surface area contributed by atoms with Crippen LogP contribution in [0.2, 0.25) is 0 Å². The molecule has 116 valence electrons. The highest BCUT2D eigenvalue weighted by molar-refractivity contribution is 5.73. The Bertz CT molecular complexity index is 439. The van der Waals surface area contributed by atoms with Gasteiger partial charge in [0.25, 0.3) is 0 Å². The zero-order chi connectivity index (χ0) is 15.1. The average Bonchev–Trinajstić information content (AvgIpc) is 2.52. The van der Waals surface area contributed by atoms with Gasteiger partial charge in [-0.05, 0) is 24.1 Å². The second-order valence-electron chi connectivity index (χ2n) is 5.50. The Morgan fingerprint density at radius 2 is 1.67 bits per heavy atom. The second-order valence-corrected chi connectivity index (χ2v) is 5.50. The summed E-state index contributed by atoms with van der Waals surface area (Å²) in [7, 11) is 1.69. The second kappa shape index (κ2) is 8.00. The fourth-order valence-electron chi connectivity index (χ4n) is 2.58. The molecule has 0 bridgehead atoms. The van der Waals surface area contributed by atoms with Gasteiger partial charge in [0.1, 0.15) is 5.75 Å². The molecule has 5 nitrogen and oxygen atoms in total. The van der Waals surface area contributed by atoms with Crippen LogP contribution in [0.15, 0.2) is 24.3 Å². The highest BCUT2D eigenvalue weighted by Crippen LogP contribution is 2.12. The van der Waals surface area contributed by atoms with Crippen LogP contribution in [-0.4, -0.2) is 62.1 Å². The van der Waals surface area contributed by atoms with E-state index in [1.54, 1.807) is 7.11 Å². The Kier molecular flexibility index (Phi) is 6.02. The van der Waals surface area contributed by atoms with Crippen molar-refractivity contribution in [3.05, 3.63) is 29.8 Å². The van der Waals surface area contributed by atoms with Crippen molar-refractivity contribution in [3.63, 3.8) is 0 Å². The molecule has 0 spiro atoms. The first kappa shape index (κ1) is 15.8. The summed E-state index contributed by atoms with van der Waals surface area (Å²) in [6, 6.07) is 8.28. The van der Waals surface area contributed by atoms with Crippen molar-refractivity contribution in [2.45, 2.75) is 12.8 Å². The van der Waals surface area contributed by atoms with Crippen LogP contribution in [0.5, 0.6) is 5.75 Å². The van der Waals surface area contributed by atoms with Crippen LogP contribution < -0.4 is 10.5 Å². The molecule has 2 rings (SSSR count). The smallest absolute Gasteiger partial charge is 0.218 e. The van der Waals surface area contributed by atoms with E-state index in [1.807, 2.05) is 12.1 Å². The summed E-state index contributed by atoms with van der Waals surface area (Å²) in [6.07, 6.45) is 1.52. The summed E-state index contributed by atoms with van der Waals surface area (Å²) in [5.41, 5.74) is 6.52. The Labute approximate surface area is 126 Å². The molecule has 1 amide bonds. The number of rotatable bonds is 7. The minimum atomic E-state index is -0.211. The zero-order valence-electron chi connectivity index (χ0n) is 12.8. The topological polar surface area (TPSA) is 58.8 Å². The number of carbonyl (C=O) groups excluding carboxylic acids is 1. The van der Waals surface area contributed by atoms with Crippen LogP contribution in [-0.2, 0) is 11.2 Å². The summed E-state index contributed by atoms with van der Waals surface area (Å²) in [5.74, 6) is 0.693. The molecular formula is C16H25N3O2. The zero-order valence-corrected chi connectivity index (χ0v) is 12.8. The molecule has 0 radical (unpaired) electrons. The highest BCUT2D eigenvalue weighted by Gasteiger charge is 2.16. The first-order valence-electron chi connectivity index (χ1n) is 7.53. The SMILES string of the molecule is COc1ccc(CCN2CCN(CCC(N)=O)CC2)cc1. The fraction of sp³-hybridized carbons (Fsp3) is 0.562. The van der Waals surface area contributed by atoms with Gasteiger partial charge in [-0.15, -0.1) is 0 Å². The van der Waals surface area contributed by atoms with Crippen LogP contribution in [0, 0.1) is 0 Å². The number of carbonyl (C=O) groups is 1. The lowest BCUT2D eigenvalue weighted by Gasteiger charge is -2.34. The number of hydrogen-bond donors (Lipinski definition) is 1. The maximum Gasteiger partial charge on any atom is 0.218 e. The maximum absolute atomic E-state index is 10.8. The molecule has 1 aromatic rings. The molecule has 0 aliphatic carbocycles. The Morgan fingerprint density at radius 3 is 2.19 bits per heavy atom. The minimum absolute atomic E-state index is 0.211. The van der Waals surface area contributed by atoms with Gasteiger partial charge in [0.2, 0.25) is 5.91 Å². The molecule has 1 aromatic carbocycles.